The highest BCUT2D eigenvalue weighted by Gasteiger charge is 2.53. The van der Waals surface area contributed by atoms with Crippen LogP contribution in [0.4, 0.5) is 4.39 Å². The van der Waals surface area contributed by atoms with E-state index in [-0.39, 0.29) is 0 Å². The van der Waals surface area contributed by atoms with Crippen LogP contribution in [-0.4, -0.2) is 8.07 Å². The van der Waals surface area contributed by atoms with E-state index in [0.717, 1.165) is 11.1 Å². The maximum Gasteiger partial charge on any atom is 0.128 e. The molecule has 0 spiro atoms. The quantitative estimate of drug-likeness (QED) is 0.572. The minimum atomic E-state index is -2.05. The summed E-state index contributed by atoms with van der Waals surface area (Å²) in [6.45, 7) is 12.4. The highest BCUT2D eigenvalue weighted by atomic mass is 28.3. The zero-order valence-corrected chi connectivity index (χ0v) is 15.6. The van der Waals surface area contributed by atoms with Gasteiger partial charge in [-0.05, 0) is 22.1 Å². The molecular formula is C20H27FSi. The van der Waals surface area contributed by atoms with E-state index in [0.29, 0.717) is 0 Å². The topological polar surface area (TPSA) is 0 Å². The Morgan fingerprint density at radius 3 is 1.59 bits per heavy atom. The highest BCUT2D eigenvalue weighted by Crippen LogP contribution is 2.49. The molecule has 0 fully saturated rings. The molecular weight excluding hydrogens is 287 g/mol. The fourth-order valence-corrected chi connectivity index (χ4v) is 6.80. The first-order chi connectivity index (χ1) is 10.1. The zero-order chi connectivity index (χ0) is 16.6. The molecule has 0 heterocycles. The predicted molar refractivity (Wildman–Crippen MR) is 97.5 cm³/mol. The third kappa shape index (κ3) is 2.89. The number of halogens is 1. The van der Waals surface area contributed by atoms with Gasteiger partial charge in [0.25, 0.3) is 0 Å². The molecule has 0 N–H and O–H groups in total. The van der Waals surface area contributed by atoms with Crippen molar-refractivity contribution in [1.29, 1.82) is 0 Å². The Balaban J connectivity index is 2.48. The van der Waals surface area contributed by atoms with Crippen LogP contribution in [0.25, 0.3) is 11.1 Å². The van der Waals surface area contributed by atoms with Crippen LogP contribution >= 0.6 is 0 Å². The van der Waals surface area contributed by atoms with Gasteiger partial charge in [-0.25, -0.2) is 4.39 Å². The Morgan fingerprint density at radius 1 is 0.727 bits per heavy atom. The summed E-state index contributed by atoms with van der Waals surface area (Å²) in [7, 11) is -2.05. The minimum absolute atomic E-state index is 0.411. The van der Waals surface area contributed by atoms with Crippen molar-refractivity contribution in [1.82, 2.24) is 0 Å². The second kappa shape index (κ2) is 5.66. The van der Waals surface area contributed by atoms with Gasteiger partial charge < -0.3 is 0 Å². The highest BCUT2D eigenvalue weighted by molar-refractivity contribution is 6.78. The van der Waals surface area contributed by atoms with Gasteiger partial charge in [-0.3, -0.25) is 0 Å². The van der Waals surface area contributed by atoms with E-state index in [2.05, 4.69) is 31.8 Å². The van der Waals surface area contributed by atoms with Crippen molar-refractivity contribution in [3.8, 4) is 11.1 Å². The van der Waals surface area contributed by atoms with Crippen LogP contribution in [0.1, 0.15) is 26.3 Å². The van der Waals surface area contributed by atoms with E-state index >= 15 is 4.39 Å². The number of rotatable bonds is 3. The molecule has 0 aliphatic rings. The van der Waals surface area contributed by atoms with Gasteiger partial charge in [0.15, 0.2) is 0 Å². The average molecular weight is 315 g/mol. The summed E-state index contributed by atoms with van der Waals surface area (Å²) in [6.07, 6.45) is 0. The summed E-state index contributed by atoms with van der Waals surface area (Å²) in [4.78, 5) is 0. The number of hydrogen-bond acceptors (Lipinski definition) is 0. The Labute approximate surface area is 135 Å². The normalized spacial score (nSPS) is 15.4. The van der Waals surface area contributed by atoms with E-state index < -0.39 is 18.8 Å². The zero-order valence-electron chi connectivity index (χ0n) is 14.6. The molecule has 0 saturated heterocycles. The second-order valence-electron chi connectivity index (χ2n) is 8.10. The lowest BCUT2D eigenvalue weighted by Crippen LogP contribution is -2.54. The largest absolute Gasteiger partial charge is 0.242 e. The van der Waals surface area contributed by atoms with Crippen molar-refractivity contribution in [2.24, 2.45) is 5.41 Å². The van der Waals surface area contributed by atoms with Crippen LogP contribution in [0, 0.1) is 5.41 Å². The molecule has 2 heteroatoms. The van der Waals surface area contributed by atoms with Gasteiger partial charge in [0, 0.05) is 0 Å². The molecule has 0 aromatic heterocycles. The lowest BCUT2D eigenvalue weighted by atomic mass is 9.84. The Kier molecular flexibility index (Phi) is 4.36. The number of alkyl halides is 1. The monoisotopic (exact) mass is 314 g/mol. The lowest BCUT2D eigenvalue weighted by molar-refractivity contribution is 0.102. The van der Waals surface area contributed by atoms with E-state index in [1.807, 2.05) is 63.2 Å². The molecule has 2 rings (SSSR count). The van der Waals surface area contributed by atoms with Crippen molar-refractivity contribution in [3.63, 3.8) is 0 Å². The van der Waals surface area contributed by atoms with Crippen molar-refractivity contribution in [2.75, 3.05) is 0 Å². The number of hydrogen-bond donors (Lipinski definition) is 0. The van der Waals surface area contributed by atoms with E-state index in [1.54, 1.807) is 0 Å². The molecule has 2 aromatic rings. The second-order valence-corrected chi connectivity index (χ2v) is 13.3. The van der Waals surface area contributed by atoms with Crippen LogP contribution in [0.15, 0.2) is 54.6 Å². The molecule has 0 amide bonds. The van der Waals surface area contributed by atoms with Crippen molar-refractivity contribution in [3.05, 3.63) is 60.2 Å². The lowest BCUT2D eigenvalue weighted by Gasteiger charge is -2.46. The summed E-state index contributed by atoms with van der Waals surface area (Å²) in [5, 5.41) is -1.25. The third-order valence-corrected chi connectivity index (χ3v) is 7.56. The smallest absolute Gasteiger partial charge is 0.128 e. The summed E-state index contributed by atoms with van der Waals surface area (Å²) in [5.74, 6) is 0. The first-order valence-corrected chi connectivity index (χ1v) is 11.4. The van der Waals surface area contributed by atoms with Crippen LogP contribution in [0.3, 0.4) is 0 Å². The van der Waals surface area contributed by atoms with E-state index in [4.69, 9.17) is 0 Å². The molecule has 0 nitrogen and oxygen atoms in total. The molecule has 0 saturated carbocycles. The molecule has 1 atom stereocenters. The summed E-state index contributed by atoms with van der Waals surface area (Å²) in [6, 6.07) is 18.3. The first kappa shape index (κ1) is 16.9. The van der Waals surface area contributed by atoms with Gasteiger partial charge in [0.1, 0.15) is 5.29 Å². The van der Waals surface area contributed by atoms with Crippen molar-refractivity contribution < 1.29 is 4.39 Å². The molecule has 1 unspecified atom stereocenters. The molecule has 118 valence electrons. The van der Waals surface area contributed by atoms with E-state index in [1.165, 1.54) is 5.56 Å². The summed E-state index contributed by atoms with van der Waals surface area (Å²) >= 11 is 0. The van der Waals surface area contributed by atoms with Crippen molar-refractivity contribution >= 4 is 8.07 Å². The Hall–Kier alpha value is -1.41. The average Bonchev–Trinajstić information content (AvgIpc) is 2.45. The molecule has 0 aliphatic heterocycles. The van der Waals surface area contributed by atoms with Crippen LogP contribution in [0.2, 0.25) is 19.6 Å². The summed E-state index contributed by atoms with van der Waals surface area (Å²) < 4.78 is 16.1. The maximum absolute atomic E-state index is 16.1. The third-order valence-electron chi connectivity index (χ3n) is 4.46. The van der Waals surface area contributed by atoms with Crippen LogP contribution < -0.4 is 0 Å². The predicted octanol–water partition coefficient (Wildman–Crippen LogP) is 6.44. The standard InChI is InChI=1S/C20H27FSi/c1-19(2,3)20(21,22(4,5)6)18-14-12-17(13-15-18)16-10-8-7-9-11-16/h7-15H,1-6H3. The van der Waals surface area contributed by atoms with Gasteiger partial charge in [0.05, 0.1) is 8.07 Å². The fourth-order valence-electron chi connectivity index (χ4n) is 3.51. The fraction of sp³-hybridized carbons (Fsp3) is 0.400. The molecule has 22 heavy (non-hydrogen) atoms. The molecule has 2 aromatic carbocycles. The molecule has 0 aliphatic carbocycles. The summed E-state index contributed by atoms with van der Waals surface area (Å²) in [5.41, 5.74) is 2.71. The Bertz CT molecular complexity index is 601. The van der Waals surface area contributed by atoms with Crippen molar-refractivity contribution in [2.45, 2.75) is 45.7 Å². The van der Waals surface area contributed by atoms with Gasteiger partial charge in [-0.15, -0.1) is 0 Å². The minimum Gasteiger partial charge on any atom is -0.242 e. The van der Waals surface area contributed by atoms with E-state index in [9.17, 15) is 0 Å². The Morgan fingerprint density at radius 2 is 1.18 bits per heavy atom. The number of benzene rings is 2. The van der Waals surface area contributed by atoms with Gasteiger partial charge in [-0.1, -0.05) is 95.0 Å². The SMILES string of the molecule is CC(C)(C)C(F)(c1ccc(-c2ccccc2)cc1)[Si](C)(C)C. The first-order valence-electron chi connectivity index (χ1n) is 7.92. The van der Waals surface area contributed by atoms with Gasteiger partial charge in [-0.2, -0.15) is 0 Å². The molecule has 0 radical (unpaired) electrons. The maximum atomic E-state index is 16.1. The van der Waals surface area contributed by atoms with Crippen LogP contribution in [0.5, 0.6) is 0 Å². The molecule has 0 bridgehead atoms. The van der Waals surface area contributed by atoms with Crippen LogP contribution in [-0.2, 0) is 5.29 Å². The van der Waals surface area contributed by atoms with Gasteiger partial charge in [0.2, 0.25) is 0 Å². The van der Waals surface area contributed by atoms with Gasteiger partial charge >= 0.3 is 0 Å².